The lowest BCUT2D eigenvalue weighted by Crippen LogP contribution is -2.12. The van der Waals surface area contributed by atoms with Crippen LogP contribution >= 0.6 is 11.3 Å². The van der Waals surface area contributed by atoms with E-state index in [-0.39, 0.29) is 5.91 Å². The van der Waals surface area contributed by atoms with E-state index in [2.05, 4.69) is 15.5 Å². The average molecular weight is 271 g/mol. The molecule has 2 heterocycles. The molecule has 0 saturated heterocycles. The number of aryl methyl sites for hydroxylation is 2. The Hall–Kier alpha value is -2.14. The van der Waals surface area contributed by atoms with Crippen molar-refractivity contribution in [1.82, 2.24) is 10.2 Å². The Balaban J connectivity index is 1.93. The number of thiophene rings is 1. The topological polar surface area (TPSA) is 57.8 Å². The molecule has 5 heteroatoms. The summed E-state index contributed by atoms with van der Waals surface area (Å²) in [6.45, 7) is 3.95. The Labute approximate surface area is 114 Å². The summed E-state index contributed by atoms with van der Waals surface area (Å²) < 4.78 is 0. The van der Waals surface area contributed by atoms with E-state index < -0.39 is 0 Å². The van der Waals surface area contributed by atoms with Gasteiger partial charge in [-0.1, -0.05) is 12.1 Å². The summed E-state index contributed by atoms with van der Waals surface area (Å²) in [5, 5.41) is 10.8. The molecule has 1 aromatic carbocycles. The number of hydrogen-bond acceptors (Lipinski definition) is 3. The number of aromatic amines is 1. The van der Waals surface area contributed by atoms with Crippen LogP contribution in [-0.4, -0.2) is 16.1 Å². The van der Waals surface area contributed by atoms with Crippen LogP contribution in [0.1, 0.15) is 20.1 Å². The van der Waals surface area contributed by atoms with Gasteiger partial charge >= 0.3 is 0 Å². The Bertz CT molecular complexity index is 757. The van der Waals surface area contributed by atoms with Crippen molar-refractivity contribution < 1.29 is 4.79 Å². The van der Waals surface area contributed by atoms with Crippen molar-refractivity contribution >= 4 is 34.0 Å². The summed E-state index contributed by atoms with van der Waals surface area (Å²) >= 11 is 1.62. The SMILES string of the molecule is Cc1cc(C(=O)Nc2n[nH]c3ccccc23)c(C)s1. The molecule has 2 aromatic heterocycles. The number of rotatable bonds is 2. The van der Waals surface area contributed by atoms with Gasteiger partial charge in [0.15, 0.2) is 5.82 Å². The number of H-pyrrole nitrogens is 1. The quantitative estimate of drug-likeness (QED) is 0.749. The van der Waals surface area contributed by atoms with Crippen molar-refractivity contribution in [2.75, 3.05) is 5.32 Å². The molecule has 96 valence electrons. The fourth-order valence-corrected chi connectivity index (χ4v) is 3.01. The standard InChI is InChI=1S/C14H13N3OS/c1-8-7-11(9(2)19-8)14(18)15-13-10-5-3-4-6-12(10)16-17-13/h3-7H,1-2H3,(H2,15,16,17,18). The van der Waals surface area contributed by atoms with E-state index in [4.69, 9.17) is 0 Å². The third-order valence-electron chi connectivity index (χ3n) is 2.99. The van der Waals surface area contributed by atoms with Crippen LogP contribution in [0.4, 0.5) is 5.82 Å². The van der Waals surface area contributed by atoms with Crippen LogP contribution in [0.2, 0.25) is 0 Å². The first-order valence-corrected chi connectivity index (χ1v) is 6.78. The molecule has 0 saturated carbocycles. The first kappa shape index (κ1) is 11.9. The Morgan fingerprint density at radius 1 is 1.32 bits per heavy atom. The highest BCUT2D eigenvalue weighted by molar-refractivity contribution is 7.12. The lowest BCUT2D eigenvalue weighted by molar-refractivity contribution is 0.102. The molecule has 1 amide bonds. The van der Waals surface area contributed by atoms with E-state index in [0.29, 0.717) is 5.82 Å². The van der Waals surface area contributed by atoms with Gasteiger partial charge in [-0.3, -0.25) is 9.89 Å². The van der Waals surface area contributed by atoms with Crippen LogP contribution in [0, 0.1) is 13.8 Å². The van der Waals surface area contributed by atoms with Gasteiger partial charge < -0.3 is 5.32 Å². The van der Waals surface area contributed by atoms with Crippen molar-refractivity contribution in [3.63, 3.8) is 0 Å². The van der Waals surface area contributed by atoms with E-state index in [1.807, 2.05) is 44.2 Å². The van der Waals surface area contributed by atoms with Gasteiger partial charge in [0.1, 0.15) is 0 Å². The van der Waals surface area contributed by atoms with Gasteiger partial charge in [0.2, 0.25) is 0 Å². The van der Waals surface area contributed by atoms with Gasteiger partial charge in [-0.25, -0.2) is 0 Å². The average Bonchev–Trinajstić information content (AvgIpc) is 2.94. The third kappa shape index (κ3) is 2.13. The number of carbonyl (C=O) groups is 1. The van der Waals surface area contributed by atoms with Crippen LogP contribution in [-0.2, 0) is 0 Å². The Morgan fingerprint density at radius 2 is 2.11 bits per heavy atom. The monoisotopic (exact) mass is 271 g/mol. The Kier molecular flexibility index (Phi) is 2.83. The second-order valence-electron chi connectivity index (χ2n) is 4.40. The third-order valence-corrected chi connectivity index (χ3v) is 3.95. The van der Waals surface area contributed by atoms with Gasteiger partial charge in [-0.2, -0.15) is 5.10 Å². The zero-order chi connectivity index (χ0) is 13.4. The van der Waals surface area contributed by atoms with Gasteiger partial charge in [-0.15, -0.1) is 11.3 Å². The van der Waals surface area contributed by atoms with Crippen LogP contribution < -0.4 is 5.32 Å². The highest BCUT2D eigenvalue weighted by Gasteiger charge is 2.14. The second-order valence-corrected chi connectivity index (χ2v) is 5.86. The smallest absolute Gasteiger partial charge is 0.258 e. The molecule has 0 radical (unpaired) electrons. The predicted molar refractivity (Wildman–Crippen MR) is 77.8 cm³/mol. The molecule has 0 aliphatic rings. The zero-order valence-electron chi connectivity index (χ0n) is 10.7. The summed E-state index contributed by atoms with van der Waals surface area (Å²) in [6, 6.07) is 9.62. The van der Waals surface area contributed by atoms with Gasteiger partial charge in [0.25, 0.3) is 5.91 Å². The molecule has 0 unspecified atom stereocenters. The minimum atomic E-state index is -0.112. The van der Waals surface area contributed by atoms with Crippen molar-refractivity contribution in [2.45, 2.75) is 13.8 Å². The van der Waals surface area contributed by atoms with Crippen molar-refractivity contribution in [2.24, 2.45) is 0 Å². The maximum absolute atomic E-state index is 12.2. The molecule has 3 rings (SSSR count). The fourth-order valence-electron chi connectivity index (χ4n) is 2.09. The lowest BCUT2D eigenvalue weighted by Gasteiger charge is -2.01. The first-order chi connectivity index (χ1) is 9.15. The maximum Gasteiger partial charge on any atom is 0.258 e. The van der Waals surface area contributed by atoms with E-state index in [1.54, 1.807) is 11.3 Å². The number of para-hydroxylation sites is 1. The second kappa shape index (κ2) is 4.51. The largest absolute Gasteiger partial charge is 0.305 e. The van der Waals surface area contributed by atoms with Gasteiger partial charge in [-0.05, 0) is 32.0 Å². The van der Waals surface area contributed by atoms with Crippen molar-refractivity contribution in [1.29, 1.82) is 0 Å². The van der Waals surface area contributed by atoms with E-state index >= 15 is 0 Å². The molecular weight excluding hydrogens is 258 g/mol. The minimum absolute atomic E-state index is 0.112. The fraction of sp³-hybridized carbons (Fsp3) is 0.143. The number of anilines is 1. The van der Waals surface area contributed by atoms with Crippen LogP contribution in [0.15, 0.2) is 30.3 Å². The highest BCUT2D eigenvalue weighted by atomic mass is 32.1. The number of carbonyl (C=O) groups excluding carboxylic acids is 1. The molecule has 0 aliphatic heterocycles. The number of fused-ring (bicyclic) bond motifs is 1. The van der Waals surface area contributed by atoms with Gasteiger partial charge in [0.05, 0.1) is 11.1 Å². The zero-order valence-corrected chi connectivity index (χ0v) is 11.5. The number of amides is 1. The molecule has 0 atom stereocenters. The van der Waals surface area contributed by atoms with Crippen LogP contribution in [0.25, 0.3) is 10.9 Å². The summed E-state index contributed by atoms with van der Waals surface area (Å²) in [4.78, 5) is 14.4. The summed E-state index contributed by atoms with van der Waals surface area (Å²) in [7, 11) is 0. The molecule has 0 fully saturated rings. The molecule has 4 nitrogen and oxygen atoms in total. The number of benzene rings is 1. The number of nitrogens with one attached hydrogen (secondary N) is 2. The molecule has 0 spiro atoms. The number of aromatic nitrogens is 2. The molecule has 0 bridgehead atoms. The molecule has 0 aliphatic carbocycles. The summed E-state index contributed by atoms with van der Waals surface area (Å²) in [5.41, 5.74) is 1.63. The van der Waals surface area contributed by atoms with E-state index in [0.717, 1.165) is 26.2 Å². The molecule has 2 N–H and O–H groups in total. The van der Waals surface area contributed by atoms with E-state index in [1.165, 1.54) is 0 Å². The predicted octanol–water partition coefficient (Wildman–Crippen LogP) is 3.49. The number of nitrogens with zero attached hydrogens (tertiary/aromatic N) is 1. The summed E-state index contributed by atoms with van der Waals surface area (Å²) in [5.74, 6) is 0.461. The molecule has 19 heavy (non-hydrogen) atoms. The highest BCUT2D eigenvalue weighted by Crippen LogP contribution is 2.24. The van der Waals surface area contributed by atoms with Crippen LogP contribution in [0.5, 0.6) is 0 Å². The molecule has 3 aromatic rings. The minimum Gasteiger partial charge on any atom is -0.305 e. The van der Waals surface area contributed by atoms with E-state index in [9.17, 15) is 4.79 Å². The van der Waals surface area contributed by atoms with Crippen LogP contribution in [0.3, 0.4) is 0 Å². The van der Waals surface area contributed by atoms with Gasteiger partial charge in [0, 0.05) is 15.1 Å². The first-order valence-electron chi connectivity index (χ1n) is 5.96. The Morgan fingerprint density at radius 3 is 2.84 bits per heavy atom. The van der Waals surface area contributed by atoms with Crippen molar-refractivity contribution in [3.05, 3.63) is 45.6 Å². The maximum atomic E-state index is 12.2. The molecular formula is C14H13N3OS. The lowest BCUT2D eigenvalue weighted by atomic mass is 10.2. The number of hydrogen-bond donors (Lipinski definition) is 2. The normalized spacial score (nSPS) is 10.8. The summed E-state index contributed by atoms with van der Waals surface area (Å²) in [6.07, 6.45) is 0. The van der Waals surface area contributed by atoms with Crippen molar-refractivity contribution in [3.8, 4) is 0 Å².